The number of hydrogen-bond acceptors (Lipinski definition) is 5. The maximum atomic E-state index is 11.7. The Hall–Kier alpha value is -0.990. The van der Waals surface area contributed by atoms with E-state index in [0.29, 0.717) is 22.9 Å². The zero-order chi connectivity index (χ0) is 15.0. The highest BCUT2D eigenvalue weighted by atomic mass is 79.9. The normalized spacial score (nSPS) is 24.7. The van der Waals surface area contributed by atoms with Crippen LogP contribution in [0.25, 0.3) is 0 Å². The molecule has 2 N–H and O–H groups in total. The van der Waals surface area contributed by atoms with Gasteiger partial charge in [-0.15, -0.1) is 0 Å². The van der Waals surface area contributed by atoms with Gasteiger partial charge in [0.15, 0.2) is 9.84 Å². The summed E-state index contributed by atoms with van der Waals surface area (Å²) in [5.74, 6) is 0.109. The van der Waals surface area contributed by atoms with Crippen molar-refractivity contribution in [1.29, 1.82) is 0 Å². The van der Waals surface area contributed by atoms with E-state index in [1.807, 2.05) is 0 Å². The summed E-state index contributed by atoms with van der Waals surface area (Å²) >= 11 is 3.20. The van der Waals surface area contributed by atoms with Gasteiger partial charge in [0.1, 0.15) is 0 Å². The highest BCUT2D eigenvalue weighted by Gasteiger charge is 2.42. The summed E-state index contributed by atoms with van der Waals surface area (Å²) in [4.78, 5) is 10.7. The van der Waals surface area contributed by atoms with Crippen LogP contribution < -0.4 is 5.73 Å². The fourth-order valence-electron chi connectivity index (χ4n) is 2.62. The summed E-state index contributed by atoms with van der Waals surface area (Å²) in [6.45, 7) is 0.208. The van der Waals surface area contributed by atoms with Crippen LogP contribution in [-0.4, -0.2) is 31.4 Å². The van der Waals surface area contributed by atoms with E-state index < -0.39 is 20.2 Å². The second-order valence-corrected chi connectivity index (χ2v) is 8.35. The Bertz CT molecular complexity index is 647. The first-order valence-electron chi connectivity index (χ1n) is 6.10. The molecule has 0 radical (unpaired) electrons. The highest BCUT2D eigenvalue weighted by molar-refractivity contribution is 9.10. The second-order valence-electron chi connectivity index (χ2n) is 5.25. The molecule has 0 bridgehead atoms. The number of nitro groups is 1. The van der Waals surface area contributed by atoms with Gasteiger partial charge in [0, 0.05) is 21.5 Å². The largest absolute Gasteiger partial charge is 0.330 e. The molecular formula is C12H15BrN2O4S. The average Bonchev–Trinajstić information content (AvgIpc) is 2.68. The van der Waals surface area contributed by atoms with E-state index in [9.17, 15) is 18.5 Å². The smallest absolute Gasteiger partial charge is 0.273 e. The number of hydrogen-bond donors (Lipinski definition) is 1. The summed E-state index contributed by atoms with van der Waals surface area (Å²) in [5, 5.41) is 11.1. The van der Waals surface area contributed by atoms with E-state index in [4.69, 9.17) is 5.73 Å². The Morgan fingerprint density at radius 2 is 2.15 bits per heavy atom. The zero-order valence-electron chi connectivity index (χ0n) is 10.7. The number of halogens is 1. The van der Waals surface area contributed by atoms with Crippen molar-refractivity contribution in [3.8, 4) is 0 Å². The molecule has 20 heavy (non-hydrogen) atoms. The Kier molecular flexibility index (Phi) is 4.17. The molecule has 1 aromatic carbocycles. The number of nitro benzene ring substituents is 1. The molecule has 1 unspecified atom stereocenters. The van der Waals surface area contributed by atoms with Gasteiger partial charge in [0.05, 0.1) is 16.4 Å². The lowest BCUT2D eigenvalue weighted by Crippen LogP contribution is -2.34. The SMILES string of the molecule is NCC1(Cc2ccc(Br)cc2[N+](=O)[O-])CCS(=O)(=O)C1. The summed E-state index contributed by atoms with van der Waals surface area (Å²) in [6.07, 6.45) is 0.769. The van der Waals surface area contributed by atoms with Crippen molar-refractivity contribution in [2.24, 2.45) is 11.1 Å². The molecule has 0 saturated carbocycles. The molecule has 110 valence electrons. The molecule has 1 saturated heterocycles. The van der Waals surface area contributed by atoms with Crippen molar-refractivity contribution in [2.75, 3.05) is 18.1 Å². The van der Waals surface area contributed by atoms with Gasteiger partial charge in [-0.05, 0) is 25.5 Å². The average molecular weight is 363 g/mol. The van der Waals surface area contributed by atoms with Crippen molar-refractivity contribution in [1.82, 2.24) is 0 Å². The van der Waals surface area contributed by atoms with Gasteiger partial charge in [-0.25, -0.2) is 8.42 Å². The van der Waals surface area contributed by atoms with Crippen LogP contribution in [0.4, 0.5) is 5.69 Å². The van der Waals surface area contributed by atoms with E-state index in [-0.39, 0.29) is 23.7 Å². The van der Waals surface area contributed by atoms with Gasteiger partial charge in [0.2, 0.25) is 0 Å². The monoisotopic (exact) mass is 362 g/mol. The fourth-order valence-corrected chi connectivity index (χ4v) is 5.15. The highest BCUT2D eigenvalue weighted by Crippen LogP contribution is 2.37. The number of sulfone groups is 1. The topological polar surface area (TPSA) is 103 Å². The summed E-state index contributed by atoms with van der Waals surface area (Å²) in [5.41, 5.74) is 5.69. The molecule has 1 aliphatic heterocycles. The van der Waals surface area contributed by atoms with Crippen LogP contribution in [0.1, 0.15) is 12.0 Å². The molecule has 8 heteroatoms. The lowest BCUT2D eigenvalue weighted by Gasteiger charge is -2.25. The first-order chi connectivity index (χ1) is 9.27. The third-order valence-electron chi connectivity index (χ3n) is 3.71. The van der Waals surface area contributed by atoms with Crippen molar-refractivity contribution in [3.63, 3.8) is 0 Å². The van der Waals surface area contributed by atoms with Crippen LogP contribution in [0.15, 0.2) is 22.7 Å². The van der Waals surface area contributed by atoms with Gasteiger partial charge < -0.3 is 5.73 Å². The predicted octanol–water partition coefficient (Wildman–Crippen LogP) is 1.66. The van der Waals surface area contributed by atoms with Crippen LogP contribution in [0.5, 0.6) is 0 Å². The maximum absolute atomic E-state index is 11.7. The van der Waals surface area contributed by atoms with Crippen LogP contribution in [0.3, 0.4) is 0 Å². The number of nitrogens with two attached hydrogens (primary N) is 1. The molecule has 2 rings (SSSR count). The van der Waals surface area contributed by atoms with E-state index in [2.05, 4.69) is 15.9 Å². The number of nitrogens with zero attached hydrogens (tertiary/aromatic N) is 1. The minimum absolute atomic E-state index is 0.00324. The second kappa shape index (κ2) is 5.42. The van der Waals surface area contributed by atoms with E-state index in [0.717, 1.165) is 0 Å². The van der Waals surface area contributed by atoms with Crippen LogP contribution in [-0.2, 0) is 16.3 Å². The third kappa shape index (κ3) is 3.18. The summed E-state index contributed by atoms with van der Waals surface area (Å²) < 4.78 is 24.0. The predicted molar refractivity (Wildman–Crippen MR) is 79.3 cm³/mol. The van der Waals surface area contributed by atoms with Crippen molar-refractivity contribution < 1.29 is 13.3 Å². The van der Waals surface area contributed by atoms with Crippen LogP contribution in [0, 0.1) is 15.5 Å². The first-order valence-corrected chi connectivity index (χ1v) is 8.72. The molecule has 0 spiro atoms. The Morgan fingerprint density at radius 3 is 2.65 bits per heavy atom. The molecular weight excluding hydrogens is 348 g/mol. The Balaban J connectivity index is 2.36. The molecule has 0 amide bonds. The van der Waals surface area contributed by atoms with Crippen molar-refractivity contribution in [2.45, 2.75) is 12.8 Å². The van der Waals surface area contributed by atoms with Crippen LogP contribution in [0.2, 0.25) is 0 Å². The standard InChI is InChI=1S/C12H15BrN2O4S/c13-10-2-1-9(11(5-10)15(16)17)6-12(7-14)3-4-20(18,19)8-12/h1-2,5H,3-4,6-8,14H2. The van der Waals surface area contributed by atoms with Gasteiger partial charge >= 0.3 is 0 Å². The molecule has 0 aromatic heterocycles. The maximum Gasteiger partial charge on any atom is 0.273 e. The molecule has 1 aliphatic rings. The van der Waals surface area contributed by atoms with Crippen LogP contribution >= 0.6 is 15.9 Å². The molecule has 1 fully saturated rings. The van der Waals surface area contributed by atoms with Crippen molar-refractivity contribution in [3.05, 3.63) is 38.3 Å². The zero-order valence-corrected chi connectivity index (χ0v) is 13.1. The Labute approximate surface area is 125 Å². The molecule has 0 aliphatic carbocycles. The lowest BCUT2D eigenvalue weighted by molar-refractivity contribution is -0.385. The van der Waals surface area contributed by atoms with E-state index in [1.165, 1.54) is 6.07 Å². The van der Waals surface area contributed by atoms with Crippen molar-refractivity contribution >= 4 is 31.5 Å². The van der Waals surface area contributed by atoms with Gasteiger partial charge in [-0.3, -0.25) is 10.1 Å². The fraction of sp³-hybridized carbons (Fsp3) is 0.500. The molecule has 1 atom stereocenters. The number of rotatable bonds is 4. The summed E-state index contributed by atoms with van der Waals surface area (Å²) in [7, 11) is -3.09. The third-order valence-corrected chi connectivity index (χ3v) is 6.08. The van der Waals surface area contributed by atoms with E-state index >= 15 is 0 Å². The molecule has 1 heterocycles. The van der Waals surface area contributed by atoms with Gasteiger partial charge in [-0.2, -0.15) is 0 Å². The molecule has 1 aromatic rings. The Morgan fingerprint density at radius 1 is 1.45 bits per heavy atom. The lowest BCUT2D eigenvalue weighted by atomic mass is 9.81. The van der Waals surface area contributed by atoms with Gasteiger partial charge in [0.25, 0.3) is 5.69 Å². The molecule has 6 nitrogen and oxygen atoms in total. The summed E-state index contributed by atoms with van der Waals surface area (Å²) in [6, 6.07) is 4.81. The van der Waals surface area contributed by atoms with E-state index in [1.54, 1.807) is 12.1 Å². The minimum Gasteiger partial charge on any atom is -0.330 e. The minimum atomic E-state index is -3.09. The first kappa shape index (κ1) is 15.4. The number of benzene rings is 1. The van der Waals surface area contributed by atoms with Gasteiger partial charge in [-0.1, -0.05) is 22.0 Å². The quantitative estimate of drug-likeness (QED) is 0.647.